The second-order valence-electron chi connectivity index (χ2n) is 4.48. The number of nitrogens with one attached hydrogen (secondary N) is 1. The van der Waals surface area contributed by atoms with Crippen molar-refractivity contribution in [3.8, 4) is 5.75 Å². The van der Waals surface area contributed by atoms with E-state index in [0.29, 0.717) is 5.56 Å². The van der Waals surface area contributed by atoms with Crippen LogP contribution in [0.3, 0.4) is 0 Å². The number of hydrogen-bond acceptors (Lipinski definition) is 5. The molecule has 2 N–H and O–H groups in total. The van der Waals surface area contributed by atoms with Crippen LogP contribution in [0.25, 0.3) is 0 Å². The molecule has 0 aliphatic carbocycles. The fourth-order valence-corrected chi connectivity index (χ4v) is 2.10. The Hall–Kier alpha value is -1.80. The summed E-state index contributed by atoms with van der Waals surface area (Å²) in [5.41, 5.74) is 0.674. The third-order valence-electron chi connectivity index (χ3n) is 2.31. The van der Waals surface area contributed by atoms with Crippen molar-refractivity contribution in [2.75, 3.05) is 7.05 Å². The van der Waals surface area contributed by atoms with Crippen LogP contribution in [-0.4, -0.2) is 37.1 Å². The zero-order valence-corrected chi connectivity index (χ0v) is 12.3. The fourth-order valence-electron chi connectivity index (χ4n) is 1.36. The van der Waals surface area contributed by atoms with Gasteiger partial charge in [-0.2, -0.15) is 12.7 Å². The van der Waals surface area contributed by atoms with Gasteiger partial charge in [-0.25, -0.2) is 9.52 Å². The van der Waals surface area contributed by atoms with Crippen LogP contribution in [0.5, 0.6) is 5.75 Å². The summed E-state index contributed by atoms with van der Waals surface area (Å²) in [5, 5.41) is 9.15. The maximum Gasteiger partial charge on any atom is 0.422 e. The summed E-state index contributed by atoms with van der Waals surface area (Å²) in [6, 6.07) is 6.09. The second-order valence-corrected chi connectivity index (χ2v) is 6.26. The van der Waals surface area contributed by atoms with E-state index >= 15 is 0 Å². The van der Waals surface area contributed by atoms with Crippen molar-refractivity contribution in [2.24, 2.45) is 0 Å². The normalized spacial score (nSPS) is 11.7. The Bertz CT molecular complexity index is 554. The van der Waals surface area contributed by atoms with Crippen LogP contribution in [0.15, 0.2) is 24.3 Å². The fraction of sp³-hybridized carbons (Fsp3) is 0.417. The number of nitrogens with zero attached hydrogens (tertiary/aromatic N) is 1. The first kappa shape index (κ1) is 16.3. The van der Waals surface area contributed by atoms with E-state index in [1.165, 1.54) is 19.2 Å². The minimum absolute atomic E-state index is 0.0601. The molecule has 1 amide bonds. The van der Waals surface area contributed by atoms with Gasteiger partial charge in [0.1, 0.15) is 5.75 Å². The highest BCUT2D eigenvalue weighted by atomic mass is 32.2. The maximum absolute atomic E-state index is 11.9. The molecule has 0 bridgehead atoms. The van der Waals surface area contributed by atoms with Gasteiger partial charge in [0.25, 0.3) is 0 Å². The number of carbonyl (C=O) groups excluding carboxylic acids is 1. The van der Waals surface area contributed by atoms with Crippen LogP contribution in [0.2, 0.25) is 0 Å². The minimum atomic E-state index is -3.97. The largest absolute Gasteiger partial charge is 0.508 e. The number of rotatable bonds is 5. The molecule has 0 atom stereocenters. The lowest BCUT2D eigenvalue weighted by Crippen LogP contribution is -2.42. The molecule has 8 heteroatoms. The van der Waals surface area contributed by atoms with Gasteiger partial charge in [-0.3, -0.25) is 0 Å². The molecular formula is C12H18N2O5S. The monoisotopic (exact) mass is 302 g/mol. The van der Waals surface area contributed by atoms with Gasteiger partial charge in [0.15, 0.2) is 0 Å². The Morgan fingerprint density at radius 3 is 2.40 bits per heavy atom. The Labute approximate surface area is 118 Å². The number of carbonyl (C=O) groups is 1. The molecule has 0 spiro atoms. The van der Waals surface area contributed by atoms with E-state index in [1.807, 2.05) is 0 Å². The van der Waals surface area contributed by atoms with E-state index in [4.69, 9.17) is 9.84 Å². The van der Waals surface area contributed by atoms with Crippen LogP contribution in [-0.2, 0) is 21.5 Å². The Morgan fingerprint density at radius 1 is 1.35 bits per heavy atom. The van der Waals surface area contributed by atoms with Crippen molar-refractivity contribution in [2.45, 2.75) is 26.5 Å². The molecule has 112 valence electrons. The smallest absolute Gasteiger partial charge is 0.422 e. The van der Waals surface area contributed by atoms with Crippen LogP contribution in [0, 0.1) is 0 Å². The van der Waals surface area contributed by atoms with Gasteiger partial charge in [-0.05, 0) is 31.5 Å². The van der Waals surface area contributed by atoms with Crippen LogP contribution < -0.4 is 4.72 Å². The summed E-state index contributed by atoms with van der Waals surface area (Å²) in [7, 11) is -2.64. The zero-order chi connectivity index (χ0) is 15.3. The third-order valence-corrected chi connectivity index (χ3v) is 3.68. The Kier molecular flexibility index (Phi) is 5.34. The molecule has 0 saturated heterocycles. The predicted molar refractivity (Wildman–Crippen MR) is 73.2 cm³/mol. The summed E-state index contributed by atoms with van der Waals surface area (Å²) >= 11 is 0. The van der Waals surface area contributed by atoms with Crippen LogP contribution in [0.1, 0.15) is 19.4 Å². The summed E-state index contributed by atoms with van der Waals surface area (Å²) in [6.45, 7) is 3.29. The SMILES string of the molecule is CC(C)OC(=O)NS(=O)(=O)N(C)Cc1ccc(O)cc1. The number of benzene rings is 1. The van der Waals surface area contributed by atoms with Crippen LogP contribution >= 0.6 is 0 Å². The van der Waals surface area contributed by atoms with E-state index in [0.717, 1.165) is 4.31 Å². The molecule has 0 saturated carbocycles. The molecule has 0 aromatic heterocycles. The summed E-state index contributed by atoms with van der Waals surface area (Å²) < 4.78 is 31.2. The van der Waals surface area contributed by atoms with Crippen molar-refractivity contribution in [1.29, 1.82) is 0 Å². The lowest BCUT2D eigenvalue weighted by atomic mass is 10.2. The predicted octanol–water partition coefficient (Wildman–Crippen LogP) is 1.20. The van der Waals surface area contributed by atoms with Gasteiger partial charge in [0.05, 0.1) is 6.10 Å². The molecule has 1 aromatic carbocycles. The van der Waals surface area contributed by atoms with E-state index in [2.05, 4.69) is 0 Å². The van der Waals surface area contributed by atoms with Gasteiger partial charge in [0, 0.05) is 13.6 Å². The number of hydrogen-bond donors (Lipinski definition) is 2. The second kappa shape index (κ2) is 6.58. The van der Waals surface area contributed by atoms with Crippen molar-refractivity contribution in [1.82, 2.24) is 9.03 Å². The highest BCUT2D eigenvalue weighted by Crippen LogP contribution is 2.12. The number of phenols is 1. The molecular weight excluding hydrogens is 284 g/mol. The van der Waals surface area contributed by atoms with Gasteiger partial charge >= 0.3 is 16.3 Å². The van der Waals surface area contributed by atoms with E-state index in [9.17, 15) is 13.2 Å². The average Bonchev–Trinajstić information content (AvgIpc) is 2.30. The first-order valence-electron chi connectivity index (χ1n) is 5.93. The van der Waals surface area contributed by atoms with Gasteiger partial charge < -0.3 is 9.84 Å². The first-order valence-corrected chi connectivity index (χ1v) is 7.37. The van der Waals surface area contributed by atoms with Gasteiger partial charge in [-0.15, -0.1) is 0 Å². The molecule has 0 aliphatic heterocycles. The number of phenolic OH excluding ortho intramolecular Hbond substituents is 1. The molecule has 0 radical (unpaired) electrons. The quantitative estimate of drug-likeness (QED) is 0.852. The molecule has 7 nitrogen and oxygen atoms in total. The van der Waals surface area contributed by atoms with Gasteiger partial charge in [0.2, 0.25) is 0 Å². The van der Waals surface area contributed by atoms with Gasteiger partial charge in [-0.1, -0.05) is 12.1 Å². The molecule has 20 heavy (non-hydrogen) atoms. The van der Waals surface area contributed by atoms with E-state index in [1.54, 1.807) is 30.7 Å². The third kappa shape index (κ3) is 5.06. The lowest BCUT2D eigenvalue weighted by molar-refractivity contribution is 0.121. The summed E-state index contributed by atoms with van der Waals surface area (Å²) in [6.07, 6.45) is -1.43. The van der Waals surface area contributed by atoms with Crippen molar-refractivity contribution < 1.29 is 23.1 Å². The van der Waals surface area contributed by atoms with E-state index in [-0.39, 0.29) is 12.3 Å². The Morgan fingerprint density at radius 2 is 1.90 bits per heavy atom. The molecule has 0 aliphatic rings. The summed E-state index contributed by atoms with van der Waals surface area (Å²) in [5.74, 6) is 0.0953. The number of ether oxygens (including phenoxy) is 1. The molecule has 1 rings (SSSR count). The Balaban J connectivity index is 2.67. The molecule has 0 fully saturated rings. The highest BCUT2D eigenvalue weighted by Gasteiger charge is 2.22. The topological polar surface area (TPSA) is 95.9 Å². The van der Waals surface area contributed by atoms with Crippen molar-refractivity contribution in [3.63, 3.8) is 0 Å². The van der Waals surface area contributed by atoms with Crippen molar-refractivity contribution >= 4 is 16.3 Å². The standard InChI is InChI=1S/C12H18N2O5S/c1-9(2)19-12(16)13-20(17,18)14(3)8-10-4-6-11(15)7-5-10/h4-7,9,15H,8H2,1-3H3,(H,13,16). The maximum atomic E-state index is 11.9. The minimum Gasteiger partial charge on any atom is -0.508 e. The first-order chi connectivity index (χ1) is 9.20. The van der Waals surface area contributed by atoms with Crippen LogP contribution in [0.4, 0.5) is 4.79 Å². The number of amides is 1. The zero-order valence-electron chi connectivity index (χ0n) is 11.5. The molecule has 1 aromatic rings. The van der Waals surface area contributed by atoms with E-state index < -0.39 is 22.4 Å². The molecule has 0 unspecified atom stereocenters. The highest BCUT2D eigenvalue weighted by molar-refractivity contribution is 7.87. The lowest BCUT2D eigenvalue weighted by Gasteiger charge is -2.18. The molecule has 0 heterocycles. The average molecular weight is 302 g/mol. The summed E-state index contributed by atoms with van der Waals surface area (Å²) in [4.78, 5) is 11.3. The van der Waals surface area contributed by atoms with Crippen molar-refractivity contribution in [3.05, 3.63) is 29.8 Å². The number of aromatic hydroxyl groups is 1.